The molecule has 0 radical (unpaired) electrons. The maximum Gasteiger partial charge on any atom is 0.309 e. The van der Waals surface area contributed by atoms with E-state index in [1.165, 1.54) is 48.9 Å². The van der Waals surface area contributed by atoms with Crippen LogP contribution < -0.4 is 10.4 Å². The Morgan fingerprint density at radius 3 is 2.25 bits per heavy atom. The molecule has 308 valence electrons. The molecule has 0 spiro atoms. The topological polar surface area (TPSA) is 62.6 Å². The highest BCUT2D eigenvalue weighted by molar-refractivity contribution is 7.80. The summed E-state index contributed by atoms with van der Waals surface area (Å²) in [5.74, 6) is 2.45. The van der Waals surface area contributed by atoms with Gasteiger partial charge in [-0.15, -0.1) is 0 Å². The van der Waals surface area contributed by atoms with Crippen LogP contribution in [-0.4, -0.2) is 47.8 Å². The first-order valence-corrected chi connectivity index (χ1v) is 24.4. The SMILES string of the molecule is CCOC(=O)[C@H](CC)C[C@H](OC(=S)n1ccnc1)[C@@H](C)[C@H]1CC[C@H]2[C@@H]3CC=C4C[C@@H](O[Si](c5ccccc5)(c5ccccc5)C(C)(C)C)CC[C@]4(C)[C@H]3CC[C@]12C. The number of allylic oxidation sites excluding steroid dienone is 1. The van der Waals surface area contributed by atoms with Crippen LogP contribution in [0.2, 0.25) is 5.04 Å². The summed E-state index contributed by atoms with van der Waals surface area (Å²) in [4.78, 5) is 17.3. The molecule has 0 unspecified atom stereocenters. The first-order valence-electron chi connectivity index (χ1n) is 22.1. The number of thiocarbonyl (C=S) groups is 1. The number of imidazole rings is 1. The Hall–Kier alpha value is -3.07. The standard InChI is InChI=1S/C49H68N2O4SSi/c1-9-35(45(52)53-10-2)31-44(54-46(56)51-30-29-50-33-51)34(3)41-23-24-42-40-22-21-36-32-37(25-27-48(36,7)43(40)26-28-49(41,42)8)55-57(47(4,5)6,38-17-13-11-14-18-38)39-19-15-12-16-20-39/h11-21,29-30,33-35,37,40-44H,9-10,22-28,31-32H2,1-8H3/t34-,35+,37-,40-,41+,42-,43-,44-,48-,49+/m0/s1. The van der Waals surface area contributed by atoms with Crippen molar-refractivity contribution < 1.29 is 18.7 Å². The highest BCUT2D eigenvalue weighted by Gasteiger charge is 2.61. The molecule has 1 aromatic heterocycles. The van der Waals surface area contributed by atoms with Gasteiger partial charge in [-0.3, -0.25) is 9.36 Å². The number of benzene rings is 2. The zero-order valence-corrected chi connectivity index (χ0v) is 37.7. The van der Waals surface area contributed by atoms with E-state index in [1.54, 1.807) is 22.7 Å². The number of carbonyl (C=O) groups is 1. The van der Waals surface area contributed by atoms with Gasteiger partial charge in [-0.25, -0.2) is 4.98 Å². The Morgan fingerprint density at radius 1 is 0.965 bits per heavy atom. The molecule has 0 N–H and O–H groups in total. The molecule has 3 aromatic rings. The monoisotopic (exact) mass is 808 g/mol. The largest absolute Gasteiger partial charge is 0.467 e. The van der Waals surface area contributed by atoms with Gasteiger partial charge in [-0.05, 0) is 139 Å². The van der Waals surface area contributed by atoms with Crippen molar-refractivity contribution in [3.8, 4) is 0 Å². The van der Waals surface area contributed by atoms with Crippen LogP contribution >= 0.6 is 12.2 Å². The molecule has 1 heterocycles. The quantitative estimate of drug-likeness (QED) is 0.0786. The molecule has 0 bridgehead atoms. The van der Waals surface area contributed by atoms with Gasteiger partial charge in [0.2, 0.25) is 0 Å². The van der Waals surface area contributed by atoms with Gasteiger partial charge in [0, 0.05) is 18.5 Å². The third-order valence-corrected chi connectivity index (χ3v) is 21.1. The van der Waals surface area contributed by atoms with Crippen LogP contribution in [0.25, 0.3) is 0 Å². The van der Waals surface area contributed by atoms with E-state index >= 15 is 0 Å². The molecule has 10 atom stereocenters. The van der Waals surface area contributed by atoms with Crippen LogP contribution in [0.1, 0.15) is 120 Å². The molecular weight excluding hydrogens is 741 g/mol. The molecule has 0 aliphatic heterocycles. The second-order valence-corrected chi connectivity index (χ2v) is 24.1. The summed E-state index contributed by atoms with van der Waals surface area (Å²) in [5, 5.41) is 3.11. The Morgan fingerprint density at radius 2 is 1.65 bits per heavy atom. The number of hydrogen-bond acceptors (Lipinski definition) is 6. The van der Waals surface area contributed by atoms with Crippen molar-refractivity contribution in [2.45, 2.75) is 137 Å². The van der Waals surface area contributed by atoms with Gasteiger partial charge in [0.25, 0.3) is 13.5 Å². The summed E-state index contributed by atoms with van der Waals surface area (Å²) in [5.41, 5.74) is 2.10. The number of esters is 1. The first kappa shape index (κ1) is 42.1. The summed E-state index contributed by atoms with van der Waals surface area (Å²) >= 11 is 5.81. The molecule has 4 aliphatic rings. The lowest BCUT2D eigenvalue weighted by Gasteiger charge is -2.59. The summed E-state index contributed by atoms with van der Waals surface area (Å²) in [6.07, 6.45) is 18.8. The van der Waals surface area contributed by atoms with Gasteiger partial charge >= 0.3 is 5.97 Å². The van der Waals surface area contributed by atoms with E-state index in [1.807, 2.05) is 13.1 Å². The fraction of sp³-hybridized carbons (Fsp3) is 0.612. The van der Waals surface area contributed by atoms with Gasteiger partial charge in [0.05, 0.1) is 12.5 Å². The van der Waals surface area contributed by atoms with Crippen molar-refractivity contribution in [3.05, 3.63) is 91.0 Å². The Bertz CT molecular complexity index is 1820. The number of hydrogen-bond donors (Lipinski definition) is 0. The smallest absolute Gasteiger partial charge is 0.309 e. The molecular formula is C49H68N2O4SSi. The molecule has 2 aromatic carbocycles. The summed E-state index contributed by atoms with van der Waals surface area (Å²) in [7, 11) is -2.63. The van der Waals surface area contributed by atoms with Crippen LogP contribution in [-0.2, 0) is 18.7 Å². The number of aromatic nitrogens is 2. The fourth-order valence-electron chi connectivity index (χ4n) is 12.7. The zero-order chi connectivity index (χ0) is 40.6. The van der Waals surface area contributed by atoms with Crippen molar-refractivity contribution in [2.24, 2.45) is 46.3 Å². The molecule has 3 saturated carbocycles. The average molecular weight is 809 g/mol. The van der Waals surface area contributed by atoms with E-state index in [0.29, 0.717) is 48.3 Å². The Kier molecular flexibility index (Phi) is 12.5. The first-order chi connectivity index (χ1) is 27.3. The van der Waals surface area contributed by atoms with Crippen molar-refractivity contribution in [2.75, 3.05) is 6.61 Å². The van der Waals surface area contributed by atoms with Crippen LogP contribution in [0.3, 0.4) is 0 Å². The third-order valence-electron chi connectivity index (χ3n) is 15.7. The second kappa shape index (κ2) is 16.9. The minimum atomic E-state index is -2.63. The van der Waals surface area contributed by atoms with E-state index in [9.17, 15) is 4.79 Å². The van der Waals surface area contributed by atoms with E-state index in [0.717, 1.165) is 12.8 Å². The van der Waals surface area contributed by atoms with Crippen molar-refractivity contribution >= 4 is 42.1 Å². The number of carbonyl (C=O) groups excluding carboxylic acids is 1. The molecule has 6 nitrogen and oxygen atoms in total. The van der Waals surface area contributed by atoms with Crippen LogP contribution in [0, 0.1) is 46.3 Å². The average Bonchev–Trinajstić information content (AvgIpc) is 3.87. The summed E-state index contributed by atoms with van der Waals surface area (Å²) < 4.78 is 21.7. The lowest BCUT2D eigenvalue weighted by Crippen LogP contribution is -2.68. The van der Waals surface area contributed by atoms with Crippen molar-refractivity contribution in [3.63, 3.8) is 0 Å². The van der Waals surface area contributed by atoms with Gasteiger partial charge < -0.3 is 13.9 Å². The van der Waals surface area contributed by atoms with Crippen LogP contribution in [0.4, 0.5) is 0 Å². The fourth-order valence-corrected chi connectivity index (χ4v) is 17.7. The zero-order valence-electron chi connectivity index (χ0n) is 35.9. The van der Waals surface area contributed by atoms with Crippen molar-refractivity contribution in [1.29, 1.82) is 0 Å². The minimum absolute atomic E-state index is 0.0306. The van der Waals surface area contributed by atoms with Crippen LogP contribution in [0.5, 0.6) is 0 Å². The number of fused-ring (bicyclic) bond motifs is 5. The lowest BCUT2D eigenvalue weighted by atomic mass is 9.47. The molecule has 7 rings (SSSR count). The van der Waals surface area contributed by atoms with Gasteiger partial charge in [-0.1, -0.05) is 121 Å². The predicted molar refractivity (Wildman–Crippen MR) is 237 cm³/mol. The molecule has 3 fully saturated rings. The number of ether oxygens (including phenoxy) is 2. The molecule has 57 heavy (non-hydrogen) atoms. The van der Waals surface area contributed by atoms with Crippen molar-refractivity contribution in [1.82, 2.24) is 9.55 Å². The highest BCUT2D eigenvalue weighted by atomic mass is 32.1. The van der Waals surface area contributed by atoms with Gasteiger partial charge in [0.15, 0.2) is 0 Å². The van der Waals surface area contributed by atoms with Gasteiger partial charge in [0.1, 0.15) is 12.4 Å². The summed E-state index contributed by atoms with van der Waals surface area (Å²) in [6.45, 7) is 19.1. The number of nitrogens with zero attached hydrogens (tertiary/aromatic N) is 2. The summed E-state index contributed by atoms with van der Waals surface area (Å²) in [6, 6.07) is 22.3. The second-order valence-electron chi connectivity index (χ2n) is 19.5. The molecule has 0 amide bonds. The van der Waals surface area contributed by atoms with Gasteiger partial charge in [-0.2, -0.15) is 0 Å². The Labute approximate surface area is 349 Å². The van der Waals surface area contributed by atoms with E-state index < -0.39 is 8.32 Å². The Balaban J connectivity index is 1.11. The molecule has 4 aliphatic carbocycles. The number of rotatable bonds is 12. The highest BCUT2D eigenvalue weighted by Crippen LogP contribution is 2.67. The maximum absolute atomic E-state index is 13.1. The molecule has 8 heteroatoms. The minimum Gasteiger partial charge on any atom is -0.467 e. The normalized spacial score (nSPS) is 30.2. The third kappa shape index (κ3) is 7.77. The van der Waals surface area contributed by atoms with E-state index in [2.05, 4.69) is 120 Å². The van der Waals surface area contributed by atoms with E-state index in [4.69, 9.17) is 26.1 Å². The lowest BCUT2D eigenvalue weighted by molar-refractivity contribution is -0.149. The molecule has 0 saturated heterocycles. The maximum atomic E-state index is 13.1. The predicted octanol–water partition coefficient (Wildman–Crippen LogP) is 10.5. The van der Waals surface area contributed by atoms with Crippen LogP contribution in [0.15, 0.2) is 91.0 Å². The van der Waals surface area contributed by atoms with E-state index in [-0.39, 0.29) is 45.9 Å².